The topological polar surface area (TPSA) is 92.4 Å². The van der Waals surface area contributed by atoms with Crippen molar-refractivity contribution in [2.24, 2.45) is 0 Å². The predicted molar refractivity (Wildman–Crippen MR) is 76.1 cm³/mol. The molecule has 6 nitrogen and oxygen atoms in total. The molecule has 0 atom stereocenters. The van der Waals surface area contributed by atoms with Crippen LogP contribution in [0.2, 0.25) is 0 Å². The summed E-state index contributed by atoms with van der Waals surface area (Å²) in [4.78, 5) is 27.8. The number of nitrogens with zero attached hydrogens (tertiary/aromatic N) is 1. The maximum atomic E-state index is 12.3. The number of aliphatic carboxylic acids is 1. The number of nitrogens with one attached hydrogen (secondary N) is 1. The van der Waals surface area contributed by atoms with E-state index in [9.17, 15) is 9.59 Å². The molecule has 110 valence electrons. The van der Waals surface area contributed by atoms with Crippen LogP contribution in [-0.4, -0.2) is 27.5 Å². The van der Waals surface area contributed by atoms with Gasteiger partial charge in [0.15, 0.2) is 10.8 Å². The molecule has 0 radical (unpaired) electrons. The van der Waals surface area contributed by atoms with Gasteiger partial charge in [0.05, 0.1) is 24.4 Å². The van der Waals surface area contributed by atoms with Crippen molar-refractivity contribution in [2.45, 2.75) is 31.2 Å². The summed E-state index contributed by atoms with van der Waals surface area (Å²) in [7, 11) is 0. The molecule has 3 rings (SSSR count). The van der Waals surface area contributed by atoms with Gasteiger partial charge in [0, 0.05) is 0 Å². The molecule has 1 amide bonds. The van der Waals surface area contributed by atoms with E-state index in [0.29, 0.717) is 28.5 Å². The minimum absolute atomic E-state index is 0.0391. The highest BCUT2D eigenvalue weighted by Crippen LogP contribution is 2.35. The Kier molecular flexibility index (Phi) is 3.50. The Morgan fingerprint density at radius 1 is 1.48 bits per heavy atom. The van der Waals surface area contributed by atoms with Gasteiger partial charge >= 0.3 is 5.97 Å². The van der Waals surface area contributed by atoms with Gasteiger partial charge in [-0.05, 0) is 31.4 Å². The van der Waals surface area contributed by atoms with Gasteiger partial charge in [-0.2, -0.15) is 0 Å². The number of hydrogen-bond acceptors (Lipinski definition) is 5. The molecule has 2 heterocycles. The molecule has 0 spiro atoms. The first-order valence-corrected chi connectivity index (χ1v) is 7.44. The van der Waals surface area contributed by atoms with Crippen LogP contribution in [0.1, 0.15) is 35.4 Å². The molecule has 0 aliphatic heterocycles. The molecule has 1 fully saturated rings. The number of rotatable bonds is 5. The first-order valence-electron chi connectivity index (χ1n) is 6.62. The molecule has 7 heteroatoms. The molecule has 2 N–H and O–H groups in total. The zero-order chi connectivity index (χ0) is 14.9. The summed E-state index contributed by atoms with van der Waals surface area (Å²) in [6.07, 6.45) is 5.35. The minimum atomic E-state index is -0.893. The number of carboxylic acid groups (broad SMARTS) is 1. The van der Waals surface area contributed by atoms with E-state index < -0.39 is 11.5 Å². The van der Waals surface area contributed by atoms with Crippen LogP contribution in [0.4, 0.5) is 0 Å². The molecular weight excluding hydrogens is 292 g/mol. The first kappa shape index (κ1) is 13.8. The van der Waals surface area contributed by atoms with E-state index in [0.717, 1.165) is 6.42 Å². The lowest BCUT2D eigenvalue weighted by molar-refractivity contribution is -0.139. The van der Waals surface area contributed by atoms with Gasteiger partial charge in [-0.3, -0.25) is 9.59 Å². The second-order valence-corrected chi connectivity index (χ2v) is 6.20. The molecule has 2 aromatic rings. The first-order chi connectivity index (χ1) is 10.1. The summed E-state index contributed by atoms with van der Waals surface area (Å²) in [6.45, 7) is 0. The van der Waals surface area contributed by atoms with E-state index in [-0.39, 0.29) is 12.3 Å². The molecule has 2 aromatic heterocycles. The third kappa shape index (κ3) is 2.82. The third-order valence-corrected chi connectivity index (χ3v) is 4.65. The van der Waals surface area contributed by atoms with Gasteiger partial charge in [-0.25, -0.2) is 4.98 Å². The molecule has 1 aliphatic carbocycles. The van der Waals surface area contributed by atoms with Crippen molar-refractivity contribution in [3.63, 3.8) is 0 Å². The van der Waals surface area contributed by atoms with Crippen LogP contribution >= 0.6 is 11.3 Å². The van der Waals surface area contributed by atoms with E-state index in [1.807, 2.05) is 0 Å². The highest BCUT2D eigenvalue weighted by Gasteiger charge is 2.40. The van der Waals surface area contributed by atoms with Crippen LogP contribution in [-0.2, 0) is 4.79 Å². The monoisotopic (exact) mass is 306 g/mol. The number of amides is 1. The SMILES string of the molecule is O=C(O)CC1(NC(=O)c2cnc(-c3ccco3)s2)CCC1. The Bertz CT molecular complexity index is 658. The lowest BCUT2D eigenvalue weighted by Crippen LogP contribution is -2.54. The van der Waals surface area contributed by atoms with Crippen LogP contribution in [0.3, 0.4) is 0 Å². The quantitative estimate of drug-likeness (QED) is 0.885. The smallest absolute Gasteiger partial charge is 0.305 e. The Labute approximate surface area is 124 Å². The van der Waals surface area contributed by atoms with Gasteiger partial charge in [-0.15, -0.1) is 11.3 Å². The van der Waals surface area contributed by atoms with Crippen molar-refractivity contribution in [3.05, 3.63) is 29.5 Å². The van der Waals surface area contributed by atoms with E-state index in [4.69, 9.17) is 9.52 Å². The van der Waals surface area contributed by atoms with Crippen molar-refractivity contribution in [2.75, 3.05) is 0 Å². The number of aromatic nitrogens is 1. The lowest BCUT2D eigenvalue weighted by Gasteiger charge is -2.41. The maximum Gasteiger partial charge on any atom is 0.305 e. The lowest BCUT2D eigenvalue weighted by atomic mass is 9.74. The van der Waals surface area contributed by atoms with Crippen LogP contribution in [0.25, 0.3) is 10.8 Å². The number of carbonyl (C=O) groups is 2. The fourth-order valence-electron chi connectivity index (χ4n) is 2.43. The standard InChI is InChI=1S/C14H14N2O4S/c17-11(18)7-14(4-2-5-14)16-12(19)10-8-15-13(21-10)9-3-1-6-20-9/h1,3,6,8H,2,4-5,7H2,(H,16,19)(H,17,18). The highest BCUT2D eigenvalue weighted by molar-refractivity contribution is 7.16. The van der Waals surface area contributed by atoms with E-state index in [1.54, 1.807) is 18.4 Å². The van der Waals surface area contributed by atoms with Crippen LogP contribution in [0.5, 0.6) is 0 Å². The minimum Gasteiger partial charge on any atom is -0.481 e. The fourth-order valence-corrected chi connectivity index (χ4v) is 3.21. The highest BCUT2D eigenvalue weighted by atomic mass is 32.1. The summed E-state index contributed by atoms with van der Waals surface area (Å²) < 4.78 is 5.24. The van der Waals surface area contributed by atoms with Crippen LogP contribution in [0, 0.1) is 0 Å². The van der Waals surface area contributed by atoms with Gasteiger partial charge in [0.25, 0.3) is 5.91 Å². The number of furan rings is 1. The second-order valence-electron chi connectivity index (χ2n) is 5.17. The van der Waals surface area contributed by atoms with Gasteiger partial charge in [0.2, 0.25) is 0 Å². The molecule has 21 heavy (non-hydrogen) atoms. The van der Waals surface area contributed by atoms with Gasteiger partial charge in [-0.1, -0.05) is 0 Å². The van der Waals surface area contributed by atoms with E-state index in [1.165, 1.54) is 17.5 Å². The molecule has 0 unspecified atom stereocenters. The second kappa shape index (κ2) is 5.33. The maximum absolute atomic E-state index is 12.3. The average molecular weight is 306 g/mol. The van der Waals surface area contributed by atoms with Gasteiger partial charge in [0.1, 0.15) is 4.88 Å². The zero-order valence-corrected chi connectivity index (χ0v) is 12.0. The van der Waals surface area contributed by atoms with Crippen LogP contribution in [0.15, 0.2) is 29.0 Å². The number of hydrogen-bond donors (Lipinski definition) is 2. The molecule has 1 saturated carbocycles. The number of thiazole rings is 1. The predicted octanol–water partition coefficient (Wildman–Crippen LogP) is 2.53. The van der Waals surface area contributed by atoms with Crippen molar-refractivity contribution < 1.29 is 19.1 Å². The number of carboxylic acids is 1. The molecule has 1 aliphatic rings. The molecule has 0 saturated heterocycles. The van der Waals surface area contributed by atoms with Crippen molar-refractivity contribution in [1.29, 1.82) is 0 Å². The summed E-state index contributed by atoms with van der Waals surface area (Å²) in [6, 6.07) is 3.53. The van der Waals surface area contributed by atoms with E-state index >= 15 is 0 Å². The summed E-state index contributed by atoms with van der Waals surface area (Å²) >= 11 is 1.23. The van der Waals surface area contributed by atoms with Crippen LogP contribution < -0.4 is 5.32 Å². The van der Waals surface area contributed by atoms with E-state index in [2.05, 4.69) is 10.3 Å². The summed E-state index contributed by atoms with van der Waals surface area (Å²) in [5.74, 6) is -0.551. The zero-order valence-electron chi connectivity index (χ0n) is 11.2. The molecular formula is C14H14N2O4S. The fraction of sp³-hybridized carbons (Fsp3) is 0.357. The van der Waals surface area contributed by atoms with Crippen molar-refractivity contribution >= 4 is 23.2 Å². The average Bonchev–Trinajstić information content (AvgIpc) is 3.05. The normalized spacial score (nSPS) is 16.2. The van der Waals surface area contributed by atoms with Crippen molar-refractivity contribution in [3.8, 4) is 10.8 Å². The summed E-state index contributed by atoms with van der Waals surface area (Å²) in [5, 5.41) is 12.4. The third-order valence-electron chi connectivity index (χ3n) is 3.64. The molecule has 0 aromatic carbocycles. The Hall–Kier alpha value is -2.15. The largest absolute Gasteiger partial charge is 0.481 e. The Morgan fingerprint density at radius 2 is 2.29 bits per heavy atom. The van der Waals surface area contributed by atoms with Crippen molar-refractivity contribution in [1.82, 2.24) is 10.3 Å². The number of carbonyl (C=O) groups excluding carboxylic acids is 1. The Balaban J connectivity index is 1.72. The van der Waals surface area contributed by atoms with Gasteiger partial charge < -0.3 is 14.8 Å². The summed E-state index contributed by atoms with van der Waals surface area (Å²) in [5.41, 5.74) is -0.599. The molecule has 0 bridgehead atoms. The Morgan fingerprint density at radius 3 is 2.86 bits per heavy atom.